The van der Waals surface area contributed by atoms with E-state index in [1.807, 2.05) is 13.0 Å². The highest BCUT2D eigenvalue weighted by Gasteiger charge is 2.49. The molecule has 0 saturated carbocycles. The van der Waals surface area contributed by atoms with Crippen LogP contribution in [-0.2, 0) is 33.0 Å². The number of imide groups is 1. The summed E-state index contributed by atoms with van der Waals surface area (Å²) in [6, 6.07) is 8.21. The highest BCUT2D eigenvalue weighted by Crippen LogP contribution is 2.28. The average molecular weight is 372 g/mol. The van der Waals surface area contributed by atoms with E-state index in [1.165, 1.54) is 4.68 Å². The van der Waals surface area contributed by atoms with Gasteiger partial charge < -0.3 is 10.1 Å². The van der Waals surface area contributed by atoms with E-state index in [2.05, 4.69) is 20.8 Å². The molecule has 3 amide bonds. The van der Waals surface area contributed by atoms with Crippen LogP contribution in [0.5, 0.6) is 0 Å². The van der Waals surface area contributed by atoms with Gasteiger partial charge in [-0.3, -0.25) is 14.5 Å². The molecule has 2 heterocycles. The second-order valence-corrected chi connectivity index (χ2v) is 6.29. The minimum absolute atomic E-state index is 0.133. The number of carbonyl (C=O) groups excluding carboxylic acids is 3. The zero-order valence-electron chi connectivity index (χ0n) is 15.1. The molecule has 1 aliphatic heterocycles. The quantitative estimate of drug-likeness (QED) is 0.558. The van der Waals surface area contributed by atoms with Crippen LogP contribution in [0, 0.1) is 0 Å². The Labute approximate surface area is 155 Å². The van der Waals surface area contributed by atoms with Crippen molar-refractivity contribution in [3.63, 3.8) is 0 Å². The van der Waals surface area contributed by atoms with Crippen LogP contribution in [0.15, 0.2) is 30.3 Å². The molecular formula is C17H20N6O4. The Kier molecular flexibility index (Phi) is 5.15. The zero-order valence-corrected chi connectivity index (χ0v) is 15.1. The lowest BCUT2D eigenvalue weighted by atomic mass is 9.92. The molecule has 0 unspecified atom stereocenters. The van der Waals surface area contributed by atoms with Gasteiger partial charge in [0.05, 0.1) is 0 Å². The highest BCUT2D eigenvalue weighted by molar-refractivity contribution is 6.08. The van der Waals surface area contributed by atoms with Crippen molar-refractivity contribution < 1.29 is 19.1 Å². The van der Waals surface area contributed by atoms with E-state index in [1.54, 1.807) is 31.2 Å². The van der Waals surface area contributed by atoms with E-state index < -0.39 is 30.0 Å². The minimum Gasteiger partial charge on any atom is -0.456 e. The molecule has 2 aromatic rings. The Bertz CT molecular complexity index is 852. The summed E-state index contributed by atoms with van der Waals surface area (Å²) < 4.78 is 6.66. The third-order valence-electron chi connectivity index (χ3n) is 4.32. The van der Waals surface area contributed by atoms with Crippen LogP contribution in [0.2, 0.25) is 0 Å². The number of amides is 3. The van der Waals surface area contributed by atoms with E-state index in [9.17, 15) is 14.4 Å². The van der Waals surface area contributed by atoms with Gasteiger partial charge >= 0.3 is 12.0 Å². The minimum atomic E-state index is -1.22. The lowest BCUT2D eigenvalue weighted by molar-refractivity contribution is -0.149. The SMILES string of the molecule is CCCn1nnnc1COC(=O)CN1C(=O)N[C@@](C)(c2ccccc2)C1=O. The molecule has 1 atom stereocenters. The molecular weight excluding hydrogens is 352 g/mol. The predicted octanol–water partition coefficient (Wildman–Crippen LogP) is 0.593. The molecule has 3 rings (SSSR count). The molecule has 0 radical (unpaired) electrons. The molecule has 0 bridgehead atoms. The smallest absolute Gasteiger partial charge is 0.326 e. The van der Waals surface area contributed by atoms with E-state index in [0.29, 0.717) is 17.9 Å². The molecule has 0 aliphatic carbocycles. The number of urea groups is 1. The number of benzene rings is 1. The summed E-state index contributed by atoms with van der Waals surface area (Å²) >= 11 is 0. The third kappa shape index (κ3) is 3.64. The van der Waals surface area contributed by atoms with Gasteiger partial charge in [0.15, 0.2) is 12.4 Å². The summed E-state index contributed by atoms with van der Waals surface area (Å²) in [7, 11) is 0. The normalized spacial score (nSPS) is 19.3. The maximum atomic E-state index is 12.7. The first-order valence-corrected chi connectivity index (χ1v) is 8.56. The van der Waals surface area contributed by atoms with Crippen LogP contribution in [0.4, 0.5) is 4.79 Å². The predicted molar refractivity (Wildman–Crippen MR) is 91.9 cm³/mol. The van der Waals surface area contributed by atoms with Crippen LogP contribution in [-0.4, -0.2) is 49.6 Å². The van der Waals surface area contributed by atoms with Crippen molar-refractivity contribution in [2.75, 3.05) is 6.54 Å². The van der Waals surface area contributed by atoms with Gasteiger partial charge in [-0.05, 0) is 29.3 Å². The summed E-state index contributed by atoms with van der Waals surface area (Å²) in [5, 5.41) is 13.8. The van der Waals surface area contributed by atoms with E-state index in [4.69, 9.17) is 4.74 Å². The van der Waals surface area contributed by atoms with Crippen LogP contribution in [0.1, 0.15) is 31.7 Å². The maximum Gasteiger partial charge on any atom is 0.326 e. The lowest BCUT2D eigenvalue weighted by Crippen LogP contribution is -2.41. The first kappa shape index (κ1) is 18.5. The van der Waals surface area contributed by atoms with Crippen molar-refractivity contribution in [1.29, 1.82) is 0 Å². The molecule has 142 valence electrons. The fourth-order valence-corrected chi connectivity index (χ4v) is 2.84. The number of aryl methyl sites for hydroxylation is 1. The van der Waals surface area contributed by atoms with Crippen LogP contribution in [0.25, 0.3) is 0 Å². The van der Waals surface area contributed by atoms with Gasteiger partial charge in [0.25, 0.3) is 5.91 Å². The number of hydrogen-bond acceptors (Lipinski definition) is 7. The largest absolute Gasteiger partial charge is 0.456 e. The second-order valence-electron chi connectivity index (χ2n) is 6.29. The number of ether oxygens (including phenoxy) is 1. The Morgan fingerprint density at radius 1 is 1.26 bits per heavy atom. The van der Waals surface area contributed by atoms with Crippen molar-refractivity contribution in [2.24, 2.45) is 0 Å². The molecule has 1 fully saturated rings. The molecule has 1 aromatic carbocycles. The van der Waals surface area contributed by atoms with Crippen molar-refractivity contribution in [1.82, 2.24) is 30.4 Å². The Balaban J connectivity index is 1.63. The van der Waals surface area contributed by atoms with Crippen LogP contribution < -0.4 is 5.32 Å². The van der Waals surface area contributed by atoms with Crippen molar-refractivity contribution in [3.8, 4) is 0 Å². The van der Waals surface area contributed by atoms with Crippen molar-refractivity contribution >= 4 is 17.9 Å². The van der Waals surface area contributed by atoms with Crippen molar-refractivity contribution in [2.45, 2.75) is 39.0 Å². The number of aromatic nitrogens is 4. The summed E-state index contributed by atoms with van der Waals surface area (Å²) in [4.78, 5) is 38.0. The topological polar surface area (TPSA) is 119 Å². The first-order chi connectivity index (χ1) is 13.0. The summed E-state index contributed by atoms with van der Waals surface area (Å²) in [5.74, 6) is -0.829. The summed E-state index contributed by atoms with van der Waals surface area (Å²) in [6.07, 6.45) is 0.826. The molecule has 1 aromatic heterocycles. The van der Waals surface area contributed by atoms with Gasteiger partial charge in [-0.2, -0.15) is 0 Å². The molecule has 1 aliphatic rings. The molecule has 0 spiro atoms. The van der Waals surface area contributed by atoms with E-state index >= 15 is 0 Å². The molecule has 1 saturated heterocycles. The monoisotopic (exact) mass is 372 g/mol. The van der Waals surface area contributed by atoms with E-state index in [0.717, 1.165) is 11.3 Å². The number of esters is 1. The van der Waals surface area contributed by atoms with E-state index in [-0.39, 0.29) is 6.61 Å². The maximum absolute atomic E-state index is 12.7. The Morgan fingerprint density at radius 2 is 2.00 bits per heavy atom. The Morgan fingerprint density at radius 3 is 2.70 bits per heavy atom. The first-order valence-electron chi connectivity index (χ1n) is 8.56. The Hall–Kier alpha value is -3.30. The zero-order chi connectivity index (χ0) is 19.4. The van der Waals surface area contributed by atoms with Gasteiger partial charge in [-0.15, -0.1) is 5.10 Å². The molecule has 27 heavy (non-hydrogen) atoms. The molecule has 10 heteroatoms. The average Bonchev–Trinajstić information content (AvgIpc) is 3.19. The fraction of sp³-hybridized carbons (Fsp3) is 0.412. The number of nitrogens with zero attached hydrogens (tertiary/aromatic N) is 5. The number of rotatable bonds is 7. The number of tetrazole rings is 1. The molecule has 10 nitrogen and oxygen atoms in total. The van der Waals surface area contributed by atoms with Crippen LogP contribution >= 0.6 is 0 Å². The third-order valence-corrected chi connectivity index (χ3v) is 4.32. The van der Waals surface area contributed by atoms with Gasteiger partial charge in [-0.1, -0.05) is 37.3 Å². The van der Waals surface area contributed by atoms with Crippen LogP contribution in [0.3, 0.4) is 0 Å². The number of carbonyl (C=O) groups is 3. The summed E-state index contributed by atoms with van der Waals surface area (Å²) in [5.41, 5.74) is -0.581. The summed E-state index contributed by atoms with van der Waals surface area (Å²) in [6.45, 7) is 3.56. The van der Waals surface area contributed by atoms with Gasteiger partial charge in [0.1, 0.15) is 12.1 Å². The second kappa shape index (κ2) is 7.52. The number of hydrogen-bond donors (Lipinski definition) is 1. The highest BCUT2D eigenvalue weighted by atomic mass is 16.5. The number of nitrogens with one attached hydrogen (secondary N) is 1. The standard InChI is InChI=1S/C17H20N6O4/c1-3-9-23-13(19-20-21-23)11-27-14(24)10-22-15(25)17(2,18-16(22)26)12-7-5-4-6-8-12/h4-8H,3,9-11H2,1-2H3,(H,18,26)/t17-/m0/s1. The van der Waals surface area contributed by atoms with Gasteiger partial charge in [0.2, 0.25) is 0 Å². The van der Waals surface area contributed by atoms with Gasteiger partial charge in [0, 0.05) is 6.54 Å². The lowest BCUT2D eigenvalue weighted by Gasteiger charge is -2.21. The fourth-order valence-electron chi connectivity index (χ4n) is 2.84. The van der Waals surface area contributed by atoms with Gasteiger partial charge in [-0.25, -0.2) is 9.48 Å². The van der Waals surface area contributed by atoms with Crippen molar-refractivity contribution in [3.05, 3.63) is 41.7 Å². The molecule has 1 N–H and O–H groups in total.